The first-order valence-electron chi connectivity index (χ1n) is 7.23. The Balaban J connectivity index is 1.78. The van der Waals surface area contributed by atoms with E-state index in [2.05, 4.69) is 44.3 Å². The van der Waals surface area contributed by atoms with Crippen LogP contribution in [0.1, 0.15) is 45.2 Å². The van der Waals surface area contributed by atoms with Crippen LogP contribution >= 0.6 is 0 Å². The number of para-hydroxylation sites is 1. The van der Waals surface area contributed by atoms with Crippen LogP contribution in [0.25, 0.3) is 0 Å². The van der Waals surface area contributed by atoms with Crippen molar-refractivity contribution in [3.05, 3.63) is 29.8 Å². The van der Waals surface area contributed by atoms with Crippen LogP contribution in [-0.2, 0) is 4.74 Å². The van der Waals surface area contributed by atoms with Gasteiger partial charge in [0.15, 0.2) is 0 Å². The summed E-state index contributed by atoms with van der Waals surface area (Å²) in [5, 5.41) is 3.72. The van der Waals surface area contributed by atoms with E-state index in [9.17, 15) is 0 Å². The molecular weight excluding hydrogens is 238 g/mol. The van der Waals surface area contributed by atoms with Crippen LogP contribution in [0, 0.1) is 0 Å². The number of fused-ring (bicyclic) bond motifs is 1. The van der Waals surface area contributed by atoms with E-state index < -0.39 is 0 Å². The van der Waals surface area contributed by atoms with Gasteiger partial charge >= 0.3 is 0 Å². The molecule has 0 saturated carbocycles. The van der Waals surface area contributed by atoms with Crippen molar-refractivity contribution in [2.45, 2.75) is 57.4 Å². The molecule has 2 aliphatic rings. The lowest BCUT2D eigenvalue weighted by Crippen LogP contribution is -2.46. The van der Waals surface area contributed by atoms with Crippen LogP contribution in [0.4, 0.5) is 0 Å². The highest BCUT2D eigenvalue weighted by molar-refractivity contribution is 5.42. The fourth-order valence-electron chi connectivity index (χ4n) is 3.19. The SMILES string of the molecule is CC(NC1c2ccccc2OC1(C)C)C1CCCO1. The van der Waals surface area contributed by atoms with Crippen LogP contribution in [0.2, 0.25) is 0 Å². The maximum absolute atomic E-state index is 6.07. The fraction of sp³-hybridized carbons (Fsp3) is 0.625. The minimum absolute atomic E-state index is 0.212. The predicted octanol–water partition coefficient (Wildman–Crippen LogP) is 3.06. The monoisotopic (exact) mass is 261 g/mol. The first-order valence-corrected chi connectivity index (χ1v) is 7.23. The average molecular weight is 261 g/mol. The van der Waals surface area contributed by atoms with Crippen LogP contribution < -0.4 is 10.1 Å². The van der Waals surface area contributed by atoms with Gasteiger partial charge in [-0.15, -0.1) is 0 Å². The van der Waals surface area contributed by atoms with Gasteiger partial charge in [0.25, 0.3) is 0 Å². The van der Waals surface area contributed by atoms with E-state index in [0.29, 0.717) is 12.1 Å². The molecule has 1 N–H and O–H groups in total. The van der Waals surface area contributed by atoms with Gasteiger partial charge in [-0.25, -0.2) is 0 Å². The summed E-state index contributed by atoms with van der Waals surface area (Å²) < 4.78 is 11.8. The van der Waals surface area contributed by atoms with E-state index in [0.717, 1.165) is 18.8 Å². The molecule has 0 aliphatic carbocycles. The van der Waals surface area contributed by atoms with E-state index in [-0.39, 0.29) is 11.6 Å². The highest BCUT2D eigenvalue weighted by Crippen LogP contribution is 2.43. The molecule has 1 saturated heterocycles. The summed E-state index contributed by atoms with van der Waals surface area (Å²) in [4.78, 5) is 0. The quantitative estimate of drug-likeness (QED) is 0.907. The van der Waals surface area contributed by atoms with Gasteiger partial charge in [0.1, 0.15) is 11.4 Å². The second-order valence-electron chi connectivity index (χ2n) is 6.18. The van der Waals surface area contributed by atoms with Crippen LogP contribution in [0.15, 0.2) is 24.3 Å². The van der Waals surface area contributed by atoms with Crippen molar-refractivity contribution >= 4 is 0 Å². The Labute approximate surface area is 115 Å². The van der Waals surface area contributed by atoms with E-state index >= 15 is 0 Å². The number of hydrogen-bond donors (Lipinski definition) is 1. The number of benzene rings is 1. The third kappa shape index (κ3) is 2.37. The Morgan fingerprint density at radius 2 is 2.11 bits per heavy atom. The van der Waals surface area contributed by atoms with E-state index in [1.54, 1.807) is 0 Å². The molecular formula is C16H23NO2. The molecule has 2 heterocycles. The van der Waals surface area contributed by atoms with Gasteiger partial charge < -0.3 is 14.8 Å². The summed E-state index contributed by atoms with van der Waals surface area (Å²) >= 11 is 0. The summed E-state index contributed by atoms with van der Waals surface area (Å²) in [6.45, 7) is 7.41. The standard InChI is InChI=1S/C16H23NO2/c1-11(13-9-6-10-18-13)17-15-12-7-4-5-8-14(12)19-16(15,2)3/h4-5,7-8,11,13,15,17H,6,9-10H2,1-3H3. The first kappa shape index (κ1) is 12.9. The lowest BCUT2D eigenvalue weighted by molar-refractivity contribution is 0.0528. The van der Waals surface area contributed by atoms with Crippen LogP contribution in [-0.4, -0.2) is 24.4 Å². The molecule has 3 atom stereocenters. The normalized spacial score (nSPS) is 29.8. The highest BCUT2D eigenvalue weighted by Gasteiger charge is 2.42. The molecule has 3 rings (SSSR count). The average Bonchev–Trinajstić information content (AvgIpc) is 2.96. The summed E-state index contributed by atoms with van der Waals surface area (Å²) in [6.07, 6.45) is 2.67. The zero-order valence-electron chi connectivity index (χ0n) is 12.0. The Bertz CT molecular complexity index is 452. The van der Waals surface area contributed by atoms with Gasteiger partial charge in [-0.05, 0) is 39.7 Å². The third-order valence-electron chi connectivity index (χ3n) is 4.25. The highest BCUT2D eigenvalue weighted by atomic mass is 16.5. The molecule has 0 radical (unpaired) electrons. The van der Waals surface area contributed by atoms with Crippen molar-refractivity contribution in [2.75, 3.05) is 6.61 Å². The summed E-state index contributed by atoms with van der Waals surface area (Å²) in [5.74, 6) is 1.00. The van der Waals surface area contributed by atoms with Crippen molar-refractivity contribution in [2.24, 2.45) is 0 Å². The van der Waals surface area contributed by atoms with Gasteiger partial charge in [-0.2, -0.15) is 0 Å². The van der Waals surface area contributed by atoms with E-state index in [1.807, 2.05) is 6.07 Å². The van der Waals surface area contributed by atoms with Crippen LogP contribution in [0.5, 0.6) is 5.75 Å². The van der Waals surface area contributed by atoms with E-state index in [1.165, 1.54) is 12.0 Å². The molecule has 3 nitrogen and oxygen atoms in total. The Morgan fingerprint density at radius 1 is 1.32 bits per heavy atom. The van der Waals surface area contributed by atoms with Crippen molar-refractivity contribution in [3.8, 4) is 5.75 Å². The molecule has 2 aliphatic heterocycles. The van der Waals surface area contributed by atoms with E-state index in [4.69, 9.17) is 9.47 Å². The Morgan fingerprint density at radius 3 is 2.84 bits per heavy atom. The number of rotatable bonds is 3. The minimum Gasteiger partial charge on any atom is -0.486 e. The topological polar surface area (TPSA) is 30.5 Å². The second-order valence-corrected chi connectivity index (χ2v) is 6.18. The Hall–Kier alpha value is -1.06. The largest absolute Gasteiger partial charge is 0.486 e. The predicted molar refractivity (Wildman–Crippen MR) is 75.5 cm³/mol. The van der Waals surface area contributed by atoms with Crippen molar-refractivity contribution in [1.82, 2.24) is 5.32 Å². The smallest absolute Gasteiger partial charge is 0.125 e. The molecule has 1 fully saturated rings. The van der Waals surface area contributed by atoms with Crippen molar-refractivity contribution < 1.29 is 9.47 Å². The molecule has 0 amide bonds. The molecule has 3 unspecified atom stereocenters. The first-order chi connectivity index (χ1) is 9.08. The van der Waals surface area contributed by atoms with Gasteiger partial charge in [-0.1, -0.05) is 18.2 Å². The maximum atomic E-state index is 6.07. The third-order valence-corrected chi connectivity index (χ3v) is 4.25. The number of hydrogen-bond acceptors (Lipinski definition) is 3. The molecule has 3 heteroatoms. The van der Waals surface area contributed by atoms with Gasteiger partial charge in [0.05, 0.1) is 12.1 Å². The zero-order valence-corrected chi connectivity index (χ0v) is 12.0. The van der Waals surface area contributed by atoms with Gasteiger partial charge in [0, 0.05) is 18.2 Å². The molecule has 0 bridgehead atoms. The molecule has 0 spiro atoms. The molecule has 1 aromatic carbocycles. The second kappa shape index (κ2) is 4.80. The maximum Gasteiger partial charge on any atom is 0.125 e. The van der Waals surface area contributed by atoms with Crippen LogP contribution in [0.3, 0.4) is 0 Å². The summed E-state index contributed by atoms with van der Waals surface area (Å²) in [7, 11) is 0. The van der Waals surface area contributed by atoms with Crippen molar-refractivity contribution in [1.29, 1.82) is 0 Å². The Kier molecular flexibility index (Phi) is 3.27. The molecule has 1 aromatic rings. The number of ether oxygens (including phenoxy) is 2. The lowest BCUT2D eigenvalue weighted by atomic mass is 9.93. The van der Waals surface area contributed by atoms with Gasteiger partial charge in [-0.3, -0.25) is 0 Å². The number of nitrogens with one attached hydrogen (secondary N) is 1. The lowest BCUT2D eigenvalue weighted by Gasteiger charge is -2.31. The molecule has 0 aromatic heterocycles. The summed E-state index contributed by atoms with van der Waals surface area (Å²) in [5.41, 5.74) is 1.05. The zero-order chi connectivity index (χ0) is 13.5. The van der Waals surface area contributed by atoms with Crippen molar-refractivity contribution in [3.63, 3.8) is 0 Å². The molecule has 104 valence electrons. The minimum atomic E-state index is -0.212. The van der Waals surface area contributed by atoms with Gasteiger partial charge in [0.2, 0.25) is 0 Å². The molecule has 19 heavy (non-hydrogen) atoms. The fourth-order valence-corrected chi connectivity index (χ4v) is 3.19. The summed E-state index contributed by atoms with van der Waals surface area (Å²) in [6, 6.07) is 8.89.